The molecule has 0 aliphatic heterocycles. The summed E-state index contributed by atoms with van der Waals surface area (Å²) in [6.45, 7) is 2.09. The van der Waals surface area contributed by atoms with Crippen molar-refractivity contribution in [2.45, 2.75) is 32.2 Å². The molecule has 0 aromatic carbocycles. The minimum atomic E-state index is 0.437. The van der Waals surface area contributed by atoms with Gasteiger partial charge in [0.2, 0.25) is 0 Å². The van der Waals surface area contributed by atoms with E-state index >= 15 is 0 Å². The van der Waals surface area contributed by atoms with Gasteiger partial charge >= 0.3 is 0 Å². The van der Waals surface area contributed by atoms with E-state index in [4.69, 9.17) is 0 Å². The summed E-state index contributed by atoms with van der Waals surface area (Å²) in [5.41, 5.74) is 0. The third-order valence-electron chi connectivity index (χ3n) is 1.53. The minimum absolute atomic E-state index is 0.437. The molecule has 0 aliphatic carbocycles. The van der Waals surface area contributed by atoms with Crippen LogP contribution in [0, 0.1) is 0 Å². The van der Waals surface area contributed by atoms with Gasteiger partial charge in [-0.05, 0) is 12.2 Å². The summed E-state index contributed by atoms with van der Waals surface area (Å²) < 4.78 is 0. The fourth-order valence-electron chi connectivity index (χ4n) is 0.860. The zero-order chi connectivity index (χ0) is 8.53. The van der Waals surface area contributed by atoms with Crippen LogP contribution in [0.25, 0.3) is 0 Å². The molecule has 66 valence electrons. The zero-order valence-corrected chi connectivity index (χ0v) is 10.4. The van der Waals surface area contributed by atoms with Crippen LogP contribution in [0.3, 0.4) is 0 Å². The molecule has 0 radical (unpaired) electrons. The van der Waals surface area contributed by atoms with E-state index in [-0.39, 0.29) is 0 Å². The molecule has 0 amide bonds. The first-order chi connectivity index (χ1) is 5.31. The average molecular weight is 190 g/mol. The van der Waals surface area contributed by atoms with Crippen LogP contribution in [-0.2, 0) is 4.79 Å². The van der Waals surface area contributed by atoms with Crippen molar-refractivity contribution < 1.29 is 4.79 Å². The first kappa shape index (κ1) is 11.2. The molecule has 0 bridgehead atoms. The first-order valence-electron chi connectivity index (χ1n) is 4.40. The summed E-state index contributed by atoms with van der Waals surface area (Å²) in [5, 5.41) is 0. The first-order valence-corrected chi connectivity index (χ1v) is 6.97. The Bertz CT molecular complexity index is 106. The van der Waals surface area contributed by atoms with Crippen molar-refractivity contribution in [3.63, 3.8) is 0 Å². The molecule has 0 aliphatic rings. The van der Waals surface area contributed by atoms with E-state index in [1.165, 1.54) is 22.7 Å². The van der Waals surface area contributed by atoms with Gasteiger partial charge in [0.15, 0.2) is 0 Å². The van der Waals surface area contributed by atoms with Crippen LogP contribution >= 0.6 is 11.8 Å². The maximum absolute atomic E-state index is 11.1. The van der Waals surface area contributed by atoms with Crippen molar-refractivity contribution in [3.05, 3.63) is 0 Å². The standard InChI is InChI=1S/C8H18OSSi/c1-2-10-7-8(9)5-3-4-6-11/h2-7H2,1,11H3. The summed E-state index contributed by atoms with van der Waals surface area (Å²) in [6, 6.07) is 1.34. The second-order valence-electron chi connectivity index (χ2n) is 2.63. The van der Waals surface area contributed by atoms with E-state index in [9.17, 15) is 4.79 Å². The molecule has 3 heteroatoms. The monoisotopic (exact) mass is 190 g/mol. The Balaban J connectivity index is 3.09. The Kier molecular flexibility index (Phi) is 8.51. The molecule has 0 atom stereocenters. The van der Waals surface area contributed by atoms with E-state index < -0.39 is 0 Å². The smallest absolute Gasteiger partial charge is 0.142 e. The normalized spacial score (nSPS) is 10.3. The van der Waals surface area contributed by atoms with Crippen molar-refractivity contribution in [1.82, 2.24) is 0 Å². The van der Waals surface area contributed by atoms with Crippen molar-refractivity contribution >= 4 is 27.8 Å². The van der Waals surface area contributed by atoms with Gasteiger partial charge in [-0.25, -0.2) is 0 Å². The van der Waals surface area contributed by atoms with Crippen LogP contribution < -0.4 is 0 Å². The van der Waals surface area contributed by atoms with Crippen molar-refractivity contribution in [2.75, 3.05) is 11.5 Å². The second-order valence-corrected chi connectivity index (χ2v) is 4.91. The maximum atomic E-state index is 11.1. The molecule has 0 spiro atoms. The Labute approximate surface area is 76.7 Å². The molecule has 0 rings (SSSR count). The highest BCUT2D eigenvalue weighted by Gasteiger charge is 1.99. The van der Waals surface area contributed by atoms with E-state index in [0.717, 1.165) is 24.3 Å². The summed E-state index contributed by atoms with van der Waals surface area (Å²) in [6.07, 6.45) is 3.19. The largest absolute Gasteiger partial charge is 0.299 e. The molecule has 1 nitrogen and oxygen atoms in total. The molecule has 0 unspecified atom stereocenters. The number of rotatable bonds is 7. The predicted octanol–water partition coefficient (Wildman–Crippen LogP) is 1.26. The quantitative estimate of drug-likeness (QED) is 0.444. The van der Waals surface area contributed by atoms with Crippen LogP contribution in [0.4, 0.5) is 0 Å². The van der Waals surface area contributed by atoms with Gasteiger partial charge in [0.1, 0.15) is 5.78 Å². The molecule has 0 saturated heterocycles. The maximum Gasteiger partial charge on any atom is 0.142 e. The Morgan fingerprint density at radius 2 is 2.18 bits per heavy atom. The van der Waals surface area contributed by atoms with Crippen molar-refractivity contribution in [2.24, 2.45) is 0 Å². The summed E-state index contributed by atoms with van der Waals surface area (Å²) in [5.74, 6) is 2.23. The van der Waals surface area contributed by atoms with Crippen LogP contribution in [0.2, 0.25) is 6.04 Å². The van der Waals surface area contributed by atoms with Gasteiger partial charge in [0.25, 0.3) is 0 Å². The number of carbonyl (C=O) groups is 1. The van der Waals surface area contributed by atoms with Crippen molar-refractivity contribution in [3.8, 4) is 0 Å². The average Bonchev–Trinajstić information content (AvgIpc) is 2.01. The molecule has 0 aromatic rings. The lowest BCUT2D eigenvalue weighted by Gasteiger charge is -1.97. The van der Waals surface area contributed by atoms with E-state index in [1.54, 1.807) is 11.8 Å². The highest BCUT2D eigenvalue weighted by atomic mass is 32.2. The topological polar surface area (TPSA) is 17.1 Å². The number of hydrogen-bond acceptors (Lipinski definition) is 2. The Hall–Kier alpha value is 0.237. The number of Topliss-reactive ketones (excluding diaryl/α,β-unsaturated/α-hetero) is 1. The van der Waals surface area contributed by atoms with E-state index in [1.807, 2.05) is 0 Å². The molecule has 0 fully saturated rings. The van der Waals surface area contributed by atoms with Gasteiger partial charge < -0.3 is 0 Å². The number of ketones is 1. The molecular weight excluding hydrogens is 172 g/mol. The molecular formula is C8H18OSSi. The van der Waals surface area contributed by atoms with Gasteiger partial charge in [-0.15, -0.1) is 0 Å². The highest BCUT2D eigenvalue weighted by Crippen LogP contribution is 2.04. The third kappa shape index (κ3) is 8.14. The lowest BCUT2D eigenvalue weighted by atomic mass is 10.2. The molecule has 0 N–H and O–H groups in total. The van der Waals surface area contributed by atoms with E-state index in [2.05, 4.69) is 6.92 Å². The van der Waals surface area contributed by atoms with Crippen molar-refractivity contribution in [1.29, 1.82) is 0 Å². The predicted molar refractivity (Wildman–Crippen MR) is 56.6 cm³/mol. The van der Waals surface area contributed by atoms with Gasteiger partial charge in [0.05, 0.1) is 5.75 Å². The van der Waals surface area contributed by atoms with E-state index in [0.29, 0.717) is 5.78 Å². The number of unbranched alkanes of at least 4 members (excludes halogenated alkanes) is 1. The van der Waals surface area contributed by atoms with Crippen LogP contribution in [-0.4, -0.2) is 27.5 Å². The Morgan fingerprint density at radius 1 is 1.45 bits per heavy atom. The van der Waals surface area contributed by atoms with Gasteiger partial charge in [-0.3, -0.25) is 4.79 Å². The zero-order valence-electron chi connectivity index (χ0n) is 7.56. The van der Waals surface area contributed by atoms with Gasteiger partial charge in [-0.2, -0.15) is 11.8 Å². The minimum Gasteiger partial charge on any atom is -0.299 e. The van der Waals surface area contributed by atoms with Gasteiger partial charge in [-0.1, -0.05) is 19.4 Å². The summed E-state index contributed by atoms with van der Waals surface area (Å²) in [4.78, 5) is 11.1. The lowest BCUT2D eigenvalue weighted by molar-refractivity contribution is -0.116. The molecule has 0 heterocycles. The SMILES string of the molecule is CCSCC(=O)CCCC[SiH3]. The number of thioether (sulfide) groups is 1. The second kappa shape index (κ2) is 8.33. The fourth-order valence-corrected chi connectivity index (χ4v) is 1.94. The third-order valence-corrected chi connectivity index (χ3v) is 3.17. The van der Waals surface area contributed by atoms with Crippen LogP contribution in [0.5, 0.6) is 0 Å². The number of hydrogen-bond donors (Lipinski definition) is 0. The molecule has 0 saturated carbocycles. The summed E-state index contributed by atoms with van der Waals surface area (Å²) >= 11 is 1.73. The summed E-state index contributed by atoms with van der Waals surface area (Å²) in [7, 11) is 1.29. The lowest BCUT2D eigenvalue weighted by Crippen LogP contribution is -2.00. The van der Waals surface area contributed by atoms with Gasteiger partial charge in [0, 0.05) is 16.7 Å². The molecule has 0 aromatic heterocycles. The highest BCUT2D eigenvalue weighted by molar-refractivity contribution is 7.99. The molecule has 11 heavy (non-hydrogen) atoms. The Morgan fingerprint density at radius 3 is 2.73 bits per heavy atom. The van der Waals surface area contributed by atoms with Crippen LogP contribution in [0.1, 0.15) is 26.2 Å². The number of carbonyl (C=O) groups excluding carboxylic acids is 1. The fraction of sp³-hybridized carbons (Fsp3) is 0.875. The van der Waals surface area contributed by atoms with Crippen LogP contribution in [0.15, 0.2) is 0 Å².